The predicted molar refractivity (Wildman–Crippen MR) is 67.8 cm³/mol. The van der Waals surface area contributed by atoms with Crippen molar-refractivity contribution in [1.29, 1.82) is 0 Å². The fraction of sp³-hybridized carbons (Fsp3) is 1.00. The van der Waals surface area contributed by atoms with Crippen molar-refractivity contribution in [3.63, 3.8) is 0 Å². The molecule has 1 heterocycles. The van der Waals surface area contributed by atoms with E-state index in [-0.39, 0.29) is 24.5 Å². The molecule has 2 atom stereocenters. The summed E-state index contributed by atoms with van der Waals surface area (Å²) < 4.78 is 33.4. The first kappa shape index (κ1) is 15.8. The minimum atomic E-state index is -3.12. The van der Waals surface area contributed by atoms with Crippen molar-refractivity contribution in [2.24, 2.45) is 11.1 Å². The molecule has 3 N–H and O–H groups in total. The molecule has 18 heavy (non-hydrogen) atoms. The highest BCUT2D eigenvalue weighted by Crippen LogP contribution is 2.43. The van der Waals surface area contributed by atoms with Crippen LogP contribution in [0.15, 0.2) is 0 Å². The lowest BCUT2D eigenvalue weighted by molar-refractivity contribution is -0.165. The molecular formula is C11H23NO5S. The van der Waals surface area contributed by atoms with Crippen LogP contribution in [0.4, 0.5) is 0 Å². The molecule has 6 nitrogen and oxygen atoms in total. The van der Waals surface area contributed by atoms with Crippen LogP contribution in [0, 0.1) is 5.41 Å². The molecule has 0 amide bonds. The van der Waals surface area contributed by atoms with Crippen LogP contribution < -0.4 is 5.73 Å². The second-order valence-electron chi connectivity index (χ2n) is 5.21. The zero-order valence-corrected chi connectivity index (χ0v) is 12.0. The second kappa shape index (κ2) is 5.42. The van der Waals surface area contributed by atoms with Gasteiger partial charge in [-0.2, -0.15) is 0 Å². The summed E-state index contributed by atoms with van der Waals surface area (Å²) in [7, 11) is -0.166. The van der Waals surface area contributed by atoms with Gasteiger partial charge in [0.05, 0.1) is 17.1 Å². The maximum Gasteiger partial charge on any atom is 0.159 e. The van der Waals surface area contributed by atoms with Gasteiger partial charge < -0.3 is 20.3 Å². The van der Waals surface area contributed by atoms with Gasteiger partial charge in [-0.25, -0.2) is 8.42 Å². The van der Waals surface area contributed by atoms with Gasteiger partial charge in [0, 0.05) is 32.6 Å². The molecule has 0 bridgehead atoms. The molecule has 1 aliphatic heterocycles. The molecule has 0 aromatic rings. The molecule has 108 valence electrons. The lowest BCUT2D eigenvalue weighted by atomic mass is 9.70. The van der Waals surface area contributed by atoms with Crippen LogP contribution in [0.2, 0.25) is 0 Å². The SMILES string of the molecule is COC(CC(C)(O)C1(CN)CCS(=O)(=O)C1)OC. The van der Waals surface area contributed by atoms with Gasteiger partial charge in [0.15, 0.2) is 16.1 Å². The number of hydrogen-bond acceptors (Lipinski definition) is 6. The number of ether oxygens (including phenoxy) is 2. The number of sulfone groups is 1. The topological polar surface area (TPSA) is 98.9 Å². The van der Waals surface area contributed by atoms with E-state index in [2.05, 4.69) is 0 Å². The van der Waals surface area contributed by atoms with Crippen LogP contribution in [0.25, 0.3) is 0 Å². The Morgan fingerprint density at radius 2 is 2.00 bits per heavy atom. The van der Waals surface area contributed by atoms with Gasteiger partial charge in [-0.1, -0.05) is 0 Å². The number of aliphatic hydroxyl groups is 1. The molecule has 7 heteroatoms. The van der Waals surface area contributed by atoms with Crippen LogP contribution in [0.1, 0.15) is 19.8 Å². The van der Waals surface area contributed by atoms with Crippen molar-refractivity contribution in [1.82, 2.24) is 0 Å². The van der Waals surface area contributed by atoms with E-state index in [0.29, 0.717) is 6.42 Å². The van der Waals surface area contributed by atoms with Crippen LogP contribution in [-0.2, 0) is 19.3 Å². The van der Waals surface area contributed by atoms with Gasteiger partial charge in [-0.05, 0) is 13.3 Å². The van der Waals surface area contributed by atoms with Crippen LogP contribution in [-0.4, -0.2) is 57.7 Å². The number of hydrogen-bond donors (Lipinski definition) is 2. The summed E-state index contributed by atoms with van der Waals surface area (Å²) in [4.78, 5) is 0. The highest BCUT2D eigenvalue weighted by Gasteiger charge is 2.53. The smallest absolute Gasteiger partial charge is 0.159 e. The molecule has 0 saturated carbocycles. The van der Waals surface area contributed by atoms with Gasteiger partial charge in [-0.15, -0.1) is 0 Å². The van der Waals surface area contributed by atoms with E-state index in [1.54, 1.807) is 6.92 Å². The first-order chi connectivity index (χ1) is 8.22. The molecule has 0 aliphatic carbocycles. The van der Waals surface area contributed by atoms with Crippen LogP contribution in [0.3, 0.4) is 0 Å². The Balaban J connectivity index is 2.93. The fourth-order valence-corrected chi connectivity index (χ4v) is 4.79. The lowest BCUT2D eigenvalue weighted by Crippen LogP contribution is -2.53. The maximum absolute atomic E-state index is 11.6. The Morgan fingerprint density at radius 3 is 2.33 bits per heavy atom. The highest BCUT2D eigenvalue weighted by atomic mass is 32.2. The van der Waals surface area contributed by atoms with Crippen LogP contribution >= 0.6 is 0 Å². The average Bonchev–Trinajstić information content (AvgIpc) is 2.63. The molecule has 0 aromatic carbocycles. The van der Waals surface area contributed by atoms with Gasteiger partial charge in [-0.3, -0.25) is 0 Å². The van der Waals surface area contributed by atoms with Crippen molar-refractivity contribution in [3.05, 3.63) is 0 Å². The third-order valence-corrected chi connectivity index (χ3v) is 5.83. The Kier molecular flexibility index (Phi) is 4.77. The Hall–Kier alpha value is -0.210. The third kappa shape index (κ3) is 3.03. The summed E-state index contributed by atoms with van der Waals surface area (Å²) in [6, 6.07) is 0. The largest absolute Gasteiger partial charge is 0.389 e. The summed E-state index contributed by atoms with van der Waals surface area (Å²) in [5, 5.41) is 10.6. The van der Waals surface area contributed by atoms with Gasteiger partial charge >= 0.3 is 0 Å². The highest BCUT2D eigenvalue weighted by molar-refractivity contribution is 7.91. The Labute approximate surface area is 108 Å². The normalized spacial score (nSPS) is 30.6. The summed E-state index contributed by atoms with van der Waals surface area (Å²) in [6.45, 7) is 1.73. The molecule has 1 fully saturated rings. The first-order valence-corrected chi connectivity index (χ1v) is 7.72. The van der Waals surface area contributed by atoms with E-state index in [0.717, 1.165) is 0 Å². The molecule has 1 aliphatic rings. The van der Waals surface area contributed by atoms with E-state index >= 15 is 0 Å². The summed E-state index contributed by atoms with van der Waals surface area (Å²) in [5.74, 6) is -0.00533. The molecule has 0 radical (unpaired) electrons. The molecular weight excluding hydrogens is 258 g/mol. The molecule has 1 saturated heterocycles. The van der Waals surface area contributed by atoms with Crippen molar-refractivity contribution in [2.75, 3.05) is 32.3 Å². The molecule has 0 spiro atoms. The monoisotopic (exact) mass is 281 g/mol. The third-order valence-electron chi connectivity index (χ3n) is 4.01. The minimum Gasteiger partial charge on any atom is -0.389 e. The number of nitrogens with two attached hydrogens (primary N) is 1. The Bertz CT molecular complexity index is 377. The summed E-state index contributed by atoms with van der Waals surface area (Å²) >= 11 is 0. The van der Waals surface area contributed by atoms with Crippen molar-refractivity contribution in [2.45, 2.75) is 31.7 Å². The zero-order chi connectivity index (χ0) is 14.0. The van der Waals surface area contributed by atoms with Crippen molar-refractivity contribution < 1.29 is 23.0 Å². The summed E-state index contributed by atoms with van der Waals surface area (Å²) in [6.07, 6.45) is -0.0159. The van der Waals surface area contributed by atoms with Gasteiger partial charge in [0.1, 0.15) is 0 Å². The van der Waals surface area contributed by atoms with E-state index in [4.69, 9.17) is 15.2 Å². The first-order valence-electron chi connectivity index (χ1n) is 5.90. The Morgan fingerprint density at radius 1 is 1.44 bits per heavy atom. The van der Waals surface area contributed by atoms with E-state index in [9.17, 15) is 13.5 Å². The maximum atomic E-state index is 11.6. The lowest BCUT2D eigenvalue weighted by Gasteiger charge is -2.42. The van der Waals surface area contributed by atoms with Gasteiger partial charge in [0.2, 0.25) is 0 Å². The number of methoxy groups -OCH3 is 2. The quantitative estimate of drug-likeness (QED) is 0.637. The van der Waals surface area contributed by atoms with E-state index < -0.39 is 27.1 Å². The standard InChI is InChI=1S/C11H23NO5S/c1-10(13,6-9(16-2)17-3)11(7-12)4-5-18(14,15)8-11/h9,13H,4-8,12H2,1-3H3. The summed E-state index contributed by atoms with van der Waals surface area (Å²) in [5.41, 5.74) is 3.66. The van der Waals surface area contributed by atoms with Crippen molar-refractivity contribution in [3.8, 4) is 0 Å². The molecule has 2 unspecified atom stereocenters. The van der Waals surface area contributed by atoms with E-state index in [1.807, 2.05) is 0 Å². The number of rotatable bonds is 6. The molecule has 1 rings (SSSR count). The minimum absolute atomic E-state index is 0.0744. The fourth-order valence-electron chi connectivity index (χ4n) is 2.53. The zero-order valence-electron chi connectivity index (χ0n) is 11.2. The van der Waals surface area contributed by atoms with Gasteiger partial charge in [0.25, 0.3) is 0 Å². The second-order valence-corrected chi connectivity index (χ2v) is 7.39. The average molecular weight is 281 g/mol. The van der Waals surface area contributed by atoms with E-state index in [1.165, 1.54) is 14.2 Å². The predicted octanol–water partition coefficient (Wildman–Crippen LogP) is -0.490. The molecule has 0 aromatic heterocycles. The van der Waals surface area contributed by atoms with Crippen molar-refractivity contribution >= 4 is 9.84 Å². The van der Waals surface area contributed by atoms with Crippen LogP contribution in [0.5, 0.6) is 0 Å².